The zero-order chi connectivity index (χ0) is 17.1. The standard InChI is InChI=1S/C20H21N3O2/c1-15-3-5-16(6-4-15)9-12-24-17-7-8-18-19(13-17)25-22-20(18)23-11-2-10-21-14-23/h2-8,11,13,21H,9-10,12,14H2,1H3. The molecule has 5 heteroatoms. The predicted molar refractivity (Wildman–Crippen MR) is 98.9 cm³/mol. The molecule has 0 aliphatic carbocycles. The zero-order valence-electron chi connectivity index (χ0n) is 14.2. The Hall–Kier alpha value is -2.79. The highest BCUT2D eigenvalue weighted by molar-refractivity contribution is 5.89. The number of nitrogens with zero attached hydrogens (tertiary/aromatic N) is 2. The minimum Gasteiger partial charge on any atom is -0.493 e. The Morgan fingerprint density at radius 2 is 2.08 bits per heavy atom. The summed E-state index contributed by atoms with van der Waals surface area (Å²) in [6.07, 6.45) is 4.97. The van der Waals surface area contributed by atoms with Crippen molar-refractivity contribution in [2.24, 2.45) is 0 Å². The molecule has 2 aromatic carbocycles. The monoisotopic (exact) mass is 335 g/mol. The molecule has 2 heterocycles. The molecule has 1 aromatic heterocycles. The molecule has 0 fully saturated rings. The van der Waals surface area contributed by atoms with E-state index in [4.69, 9.17) is 9.26 Å². The minimum absolute atomic E-state index is 0.633. The van der Waals surface area contributed by atoms with Gasteiger partial charge in [-0.05, 0) is 24.6 Å². The van der Waals surface area contributed by atoms with E-state index < -0.39 is 0 Å². The molecule has 1 aliphatic heterocycles. The lowest BCUT2D eigenvalue weighted by atomic mass is 10.1. The SMILES string of the molecule is Cc1ccc(CCOc2ccc3c(N4C=CCNC4)noc3c2)cc1. The van der Waals surface area contributed by atoms with E-state index in [1.54, 1.807) is 0 Å². The van der Waals surface area contributed by atoms with Crippen LogP contribution in [0.5, 0.6) is 5.75 Å². The Balaban J connectivity index is 1.43. The molecule has 0 bridgehead atoms. The van der Waals surface area contributed by atoms with E-state index in [0.717, 1.165) is 42.2 Å². The smallest absolute Gasteiger partial charge is 0.185 e. The third-order valence-corrected chi connectivity index (χ3v) is 4.31. The summed E-state index contributed by atoms with van der Waals surface area (Å²) in [5, 5.41) is 8.46. The van der Waals surface area contributed by atoms with Crippen LogP contribution in [0.4, 0.5) is 5.82 Å². The van der Waals surface area contributed by atoms with Crippen LogP contribution in [0.15, 0.2) is 59.3 Å². The highest BCUT2D eigenvalue weighted by Gasteiger charge is 2.15. The Labute approximate surface area is 146 Å². The van der Waals surface area contributed by atoms with Crippen LogP contribution in [-0.4, -0.2) is 25.0 Å². The number of hydrogen-bond donors (Lipinski definition) is 1. The highest BCUT2D eigenvalue weighted by atomic mass is 16.5. The quantitative estimate of drug-likeness (QED) is 0.771. The van der Waals surface area contributed by atoms with E-state index in [-0.39, 0.29) is 0 Å². The van der Waals surface area contributed by atoms with Crippen LogP contribution >= 0.6 is 0 Å². The maximum atomic E-state index is 5.88. The highest BCUT2D eigenvalue weighted by Crippen LogP contribution is 2.29. The summed E-state index contributed by atoms with van der Waals surface area (Å²) in [6.45, 7) is 4.34. The summed E-state index contributed by atoms with van der Waals surface area (Å²) in [4.78, 5) is 2.03. The Morgan fingerprint density at radius 1 is 1.20 bits per heavy atom. The molecule has 0 unspecified atom stereocenters. The topological polar surface area (TPSA) is 50.5 Å². The number of hydrogen-bond acceptors (Lipinski definition) is 5. The Morgan fingerprint density at radius 3 is 2.88 bits per heavy atom. The van der Waals surface area contributed by atoms with Crippen molar-refractivity contribution in [2.45, 2.75) is 13.3 Å². The van der Waals surface area contributed by atoms with Crippen molar-refractivity contribution in [3.63, 3.8) is 0 Å². The molecule has 3 aromatic rings. The van der Waals surface area contributed by atoms with Gasteiger partial charge in [-0.15, -0.1) is 0 Å². The van der Waals surface area contributed by atoms with Crippen LogP contribution in [0.3, 0.4) is 0 Å². The average molecular weight is 335 g/mol. The van der Waals surface area contributed by atoms with E-state index in [2.05, 4.69) is 47.7 Å². The molecular formula is C20H21N3O2. The van der Waals surface area contributed by atoms with Crippen LogP contribution in [0.25, 0.3) is 11.0 Å². The van der Waals surface area contributed by atoms with Gasteiger partial charge in [-0.25, -0.2) is 0 Å². The van der Waals surface area contributed by atoms with Crippen LogP contribution in [0.1, 0.15) is 11.1 Å². The Kier molecular flexibility index (Phi) is 4.39. The summed E-state index contributed by atoms with van der Waals surface area (Å²) in [5.41, 5.74) is 3.29. The van der Waals surface area contributed by atoms with E-state index in [9.17, 15) is 0 Å². The van der Waals surface area contributed by atoms with Crippen molar-refractivity contribution in [1.29, 1.82) is 0 Å². The predicted octanol–water partition coefficient (Wildman–Crippen LogP) is 3.64. The van der Waals surface area contributed by atoms with Gasteiger partial charge in [0, 0.05) is 25.2 Å². The van der Waals surface area contributed by atoms with Crippen LogP contribution in [0, 0.1) is 6.92 Å². The Bertz CT molecular complexity index is 884. The molecule has 0 saturated carbocycles. The molecule has 4 rings (SSSR count). The van der Waals surface area contributed by atoms with Gasteiger partial charge in [0.15, 0.2) is 11.4 Å². The van der Waals surface area contributed by atoms with Gasteiger partial charge in [0.1, 0.15) is 5.75 Å². The molecule has 25 heavy (non-hydrogen) atoms. The molecule has 0 saturated heterocycles. The van der Waals surface area contributed by atoms with Crippen molar-refractivity contribution in [1.82, 2.24) is 10.5 Å². The number of fused-ring (bicyclic) bond motifs is 1. The molecule has 0 atom stereocenters. The molecule has 0 radical (unpaired) electrons. The largest absolute Gasteiger partial charge is 0.493 e. The lowest BCUT2D eigenvalue weighted by Crippen LogP contribution is -2.34. The van der Waals surface area contributed by atoms with Crippen LogP contribution in [0.2, 0.25) is 0 Å². The number of aryl methyl sites for hydroxylation is 1. The number of anilines is 1. The van der Waals surface area contributed by atoms with Crippen molar-refractivity contribution in [2.75, 3.05) is 24.7 Å². The van der Waals surface area contributed by atoms with Gasteiger partial charge in [0.25, 0.3) is 0 Å². The first kappa shape index (κ1) is 15.7. The molecule has 1 N–H and O–H groups in total. The van der Waals surface area contributed by atoms with E-state index >= 15 is 0 Å². The second kappa shape index (κ2) is 6.99. The first-order valence-electron chi connectivity index (χ1n) is 8.51. The van der Waals surface area contributed by atoms with Crippen molar-refractivity contribution < 1.29 is 9.26 Å². The van der Waals surface area contributed by atoms with Crippen LogP contribution < -0.4 is 15.0 Å². The average Bonchev–Trinajstić information content (AvgIpc) is 3.07. The van der Waals surface area contributed by atoms with Crippen molar-refractivity contribution in [3.05, 3.63) is 65.9 Å². The maximum Gasteiger partial charge on any atom is 0.185 e. The van der Waals surface area contributed by atoms with Gasteiger partial charge in [-0.3, -0.25) is 5.32 Å². The van der Waals surface area contributed by atoms with Gasteiger partial charge in [0.2, 0.25) is 0 Å². The van der Waals surface area contributed by atoms with Crippen LogP contribution in [-0.2, 0) is 6.42 Å². The summed E-state index contributed by atoms with van der Waals surface area (Å²) >= 11 is 0. The van der Waals surface area contributed by atoms with Crippen molar-refractivity contribution >= 4 is 16.8 Å². The lowest BCUT2D eigenvalue weighted by Gasteiger charge is -2.21. The summed E-state index contributed by atoms with van der Waals surface area (Å²) in [5.74, 6) is 1.62. The second-order valence-corrected chi connectivity index (χ2v) is 6.22. The summed E-state index contributed by atoms with van der Waals surface area (Å²) in [6, 6.07) is 14.4. The molecule has 1 aliphatic rings. The summed E-state index contributed by atoms with van der Waals surface area (Å²) < 4.78 is 11.4. The third-order valence-electron chi connectivity index (χ3n) is 4.31. The van der Waals surface area contributed by atoms with Gasteiger partial charge in [-0.2, -0.15) is 0 Å². The van der Waals surface area contributed by atoms with Crippen molar-refractivity contribution in [3.8, 4) is 5.75 Å². The van der Waals surface area contributed by atoms with Gasteiger partial charge < -0.3 is 14.2 Å². The lowest BCUT2D eigenvalue weighted by molar-refractivity contribution is 0.321. The zero-order valence-corrected chi connectivity index (χ0v) is 14.2. The molecule has 5 nitrogen and oxygen atoms in total. The molecule has 128 valence electrons. The van der Waals surface area contributed by atoms with Gasteiger partial charge in [0.05, 0.1) is 18.7 Å². The second-order valence-electron chi connectivity index (χ2n) is 6.22. The maximum absolute atomic E-state index is 5.88. The van der Waals surface area contributed by atoms with E-state index in [1.807, 2.05) is 29.3 Å². The first-order valence-corrected chi connectivity index (χ1v) is 8.51. The molecule has 0 amide bonds. The molecule has 0 spiro atoms. The first-order chi connectivity index (χ1) is 12.3. The fraction of sp³-hybridized carbons (Fsp3) is 0.250. The van der Waals surface area contributed by atoms with Gasteiger partial charge in [-0.1, -0.05) is 41.1 Å². The van der Waals surface area contributed by atoms with E-state index in [1.165, 1.54) is 11.1 Å². The number of rotatable bonds is 5. The third kappa shape index (κ3) is 3.51. The molecular weight excluding hydrogens is 314 g/mol. The fourth-order valence-electron chi connectivity index (χ4n) is 2.89. The number of ether oxygens (including phenoxy) is 1. The fourth-order valence-corrected chi connectivity index (χ4v) is 2.89. The normalized spacial score (nSPS) is 14.2. The van der Waals surface area contributed by atoms with Gasteiger partial charge >= 0.3 is 0 Å². The summed E-state index contributed by atoms with van der Waals surface area (Å²) in [7, 11) is 0. The number of aromatic nitrogens is 1. The van der Waals surface area contributed by atoms with E-state index in [0.29, 0.717) is 6.61 Å². The number of nitrogens with one attached hydrogen (secondary N) is 1. The minimum atomic E-state index is 0.633. The number of benzene rings is 2.